The molecule has 2 heteroatoms. The van der Waals surface area contributed by atoms with Gasteiger partial charge in [-0.1, -0.05) is 19.4 Å². The van der Waals surface area contributed by atoms with Gasteiger partial charge in [-0.25, -0.2) is 0 Å². The molecule has 64 valence electrons. The molecule has 2 rings (SSSR count). The smallest absolute Gasteiger partial charge is 0.211 e. The van der Waals surface area contributed by atoms with Gasteiger partial charge in [0.25, 0.3) is 0 Å². The van der Waals surface area contributed by atoms with Gasteiger partial charge in [0.15, 0.2) is 11.5 Å². The lowest BCUT2D eigenvalue weighted by molar-refractivity contribution is 0.306. The van der Waals surface area contributed by atoms with Gasteiger partial charge < -0.3 is 9.47 Å². The van der Waals surface area contributed by atoms with Crippen molar-refractivity contribution in [2.24, 2.45) is 0 Å². The first-order valence-electron chi connectivity index (χ1n) is 4.35. The second-order valence-electron chi connectivity index (χ2n) is 2.89. The molecule has 0 unspecified atom stereocenters. The van der Waals surface area contributed by atoms with Crippen molar-refractivity contribution < 1.29 is 9.47 Å². The molecule has 0 radical (unpaired) electrons. The van der Waals surface area contributed by atoms with Gasteiger partial charge in [-0.15, -0.1) is 0 Å². The van der Waals surface area contributed by atoms with Crippen LogP contribution in [0, 0.1) is 0 Å². The fourth-order valence-corrected chi connectivity index (χ4v) is 1.10. The summed E-state index contributed by atoms with van der Waals surface area (Å²) >= 11 is 0. The van der Waals surface area contributed by atoms with Crippen LogP contribution in [0.15, 0.2) is 18.2 Å². The number of ether oxygens (including phenoxy) is 2. The van der Waals surface area contributed by atoms with E-state index in [9.17, 15) is 0 Å². The molecule has 0 atom stereocenters. The zero-order valence-electron chi connectivity index (χ0n) is 7.17. The van der Waals surface area contributed by atoms with Crippen molar-refractivity contribution in [3.63, 3.8) is 0 Å². The highest BCUT2D eigenvalue weighted by molar-refractivity contribution is 5.62. The Bertz CT molecular complexity index is 281. The molecule has 1 aliphatic heterocycles. The van der Waals surface area contributed by atoms with E-state index in [1.807, 2.05) is 18.2 Å². The minimum absolute atomic E-state index is 0.788. The lowest BCUT2D eigenvalue weighted by Gasteiger charge is -2.01. The van der Waals surface area contributed by atoms with Crippen LogP contribution in [0.1, 0.15) is 19.8 Å². The zero-order valence-corrected chi connectivity index (χ0v) is 7.17. The molecular formula is C10H12O2. The van der Waals surface area contributed by atoms with E-state index in [-0.39, 0.29) is 0 Å². The highest BCUT2D eigenvalue weighted by Gasteiger charge is 2.24. The maximum atomic E-state index is 5.50. The number of rotatable bonds is 4. The Hall–Kier alpha value is -1.18. The molecule has 1 aliphatic rings. The van der Waals surface area contributed by atoms with Crippen molar-refractivity contribution in [3.05, 3.63) is 18.2 Å². The minimum atomic E-state index is 0.788. The van der Waals surface area contributed by atoms with Crippen molar-refractivity contribution in [2.45, 2.75) is 19.8 Å². The van der Waals surface area contributed by atoms with Gasteiger partial charge in [-0.05, 0) is 18.6 Å². The molecular weight excluding hydrogens is 152 g/mol. The summed E-state index contributed by atoms with van der Waals surface area (Å²) < 4.78 is 10.7. The number of hydrogen-bond acceptors (Lipinski definition) is 2. The minimum Gasteiger partial charge on any atom is -0.490 e. The lowest BCUT2D eigenvalue weighted by Crippen LogP contribution is -1.94. The Morgan fingerprint density at radius 1 is 1.42 bits per heavy atom. The standard InChI is InChI=1S/C10H12O2/c1-2-3-7-11-8-5-4-6-9-10(8)12-9/h4-6H,2-3,7H2,1H3. The number of para-hydroxylation sites is 1. The molecule has 0 aromatic heterocycles. The van der Waals surface area contributed by atoms with Crippen LogP contribution in [0.5, 0.6) is 17.2 Å². The van der Waals surface area contributed by atoms with Crippen molar-refractivity contribution in [1.29, 1.82) is 0 Å². The highest BCUT2D eigenvalue weighted by atomic mass is 16.6. The Morgan fingerprint density at radius 2 is 2.33 bits per heavy atom. The third-order valence-corrected chi connectivity index (χ3v) is 1.87. The number of unbranched alkanes of at least 4 members (excludes halogenated alkanes) is 1. The molecule has 0 bridgehead atoms. The quantitative estimate of drug-likeness (QED) is 0.512. The summed E-state index contributed by atoms with van der Waals surface area (Å²) in [6.07, 6.45) is 2.26. The summed E-state index contributed by atoms with van der Waals surface area (Å²) in [5.41, 5.74) is 0. The Kier molecular flexibility index (Phi) is 1.90. The van der Waals surface area contributed by atoms with Gasteiger partial charge in [-0.3, -0.25) is 0 Å². The predicted octanol–water partition coefficient (Wildman–Crippen LogP) is 2.97. The van der Waals surface area contributed by atoms with E-state index in [1.165, 1.54) is 0 Å². The van der Waals surface area contributed by atoms with Gasteiger partial charge >= 0.3 is 0 Å². The molecule has 1 heterocycles. The van der Waals surface area contributed by atoms with Gasteiger partial charge in [0.2, 0.25) is 5.75 Å². The molecule has 0 fully saturated rings. The Morgan fingerprint density at radius 3 is 3.17 bits per heavy atom. The van der Waals surface area contributed by atoms with E-state index in [1.54, 1.807) is 0 Å². The van der Waals surface area contributed by atoms with E-state index in [0.29, 0.717) is 0 Å². The molecule has 0 N–H and O–H groups in total. The SMILES string of the molecule is CCCCOc1cccc2c1O2. The topological polar surface area (TPSA) is 21.8 Å². The molecule has 2 nitrogen and oxygen atoms in total. The monoisotopic (exact) mass is 164 g/mol. The number of benzene rings is 1. The number of fused-ring (bicyclic) bond motifs is 1. The molecule has 0 saturated carbocycles. The summed E-state index contributed by atoms with van der Waals surface area (Å²) in [5.74, 6) is 2.78. The average Bonchev–Trinajstić information content (AvgIpc) is 2.84. The maximum absolute atomic E-state index is 5.50. The maximum Gasteiger partial charge on any atom is 0.211 e. The Labute approximate surface area is 72.1 Å². The van der Waals surface area contributed by atoms with Gasteiger partial charge in [-0.2, -0.15) is 0 Å². The largest absolute Gasteiger partial charge is 0.490 e. The van der Waals surface area contributed by atoms with E-state index >= 15 is 0 Å². The van der Waals surface area contributed by atoms with E-state index in [0.717, 1.165) is 36.7 Å². The van der Waals surface area contributed by atoms with Crippen molar-refractivity contribution in [3.8, 4) is 17.2 Å². The molecule has 12 heavy (non-hydrogen) atoms. The lowest BCUT2D eigenvalue weighted by atomic mass is 10.3. The first-order chi connectivity index (χ1) is 5.92. The zero-order chi connectivity index (χ0) is 8.39. The Balaban J connectivity index is 1.93. The van der Waals surface area contributed by atoms with E-state index in [4.69, 9.17) is 9.47 Å². The van der Waals surface area contributed by atoms with E-state index in [2.05, 4.69) is 6.92 Å². The van der Waals surface area contributed by atoms with Crippen LogP contribution in [0.25, 0.3) is 0 Å². The molecule has 0 saturated heterocycles. The third kappa shape index (κ3) is 1.37. The van der Waals surface area contributed by atoms with Crippen molar-refractivity contribution >= 4 is 0 Å². The number of hydrogen-bond donors (Lipinski definition) is 0. The second kappa shape index (κ2) is 3.05. The summed E-state index contributed by atoms with van der Waals surface area (Å²) in [5, 5.41) is 0. The van der Waals surface area contributed by atoms with Crippen LogP contribution in [0.2, 0.25) is 0 Å². The first kappa shape index (κ1) is 7.47. The van der Waals surface area contributed by atoms with Crippen LogP contribution >= 0.6 is 0 Å². The van der Waals surface area contributed by atoms with Crippen LogP contribution in [0.4, 0.5) is 0 Å². The van der Waals surface area contributed by atoms with Crippen LogP contribution in [-0.4, -0.2) is 6.61 Å². The van der Waals surface area contributed by atoms with Crippen LogP contribution in [0.3, 0.4) is 0 Å². The summed E-state index contributed by atoms with van der Waals surface area (Å²) in [4.78, 5) is 0. The van der Waals surface area contributed by atoms with E-state index < -0.39 is 0 Å². The average molecular weight is 164 g/mol. The molecule has 0 aliphatic carbocycles. The predicted molar refractivity (Wildman–Crippen MR) is 46.9 cm³/mol. The van der Waals surface area contributed by atoms with Gasteiger partial charge in [0, 0.05) is 0 Å². The summed E-state index contributed by atoms with van der Waals surface area (Å²) in [6.45, 7) is 2.94. The fourth-order valence-electron chi connectivity index (χ4n) is 1.10. The third-order valence-electron chi connectivity index (χ3n) is 1.87. The fraction of sp³-hybridized carbons (Fsp3) is 0.400. The summed E-state index contributed by atoms with van der Waals surface area (Å²) in [6, 6.07) is 5.84. The van der Waals surface area contributed by atoms with Crippen molar-refractivity contribution in [2.75, 3.05) is 6.61 Å². The summed E-state index contributed by atoms with van der Waals surface area (Å²) in [7, 11) is 0. The van der Waals surface area contributed by atoms with Crippen LogP contribution < -0.4 is 9.47 Å². The molecule has 0 amide bonds. The first-order valence-corrected chi connectivity index (χ1v) is 4.35. The normalized spacial score (nSPS) is 11.8. The second-order valence-corrected chi connectivity index (χ2v) is 2.89. The molecule has 1 aromatic rings. The highest BCUT2D eigenvalue weighted by Crippen LogP contribution is 2.52. The van der Waals surface area contributed by atoms with Crippen LogP contribution in [-0.2, 0) is 0 Å². The molecule has 1 aromatic carbocycles. The molecule has 0 spiro atoms. The van der Waals surface area contributed by atoms with Gasteiger partial charge in [0.1, 0.15) is 0 Å². The van der Waals surface area contributed by atoms with Gasteiger partial charge in [0.05, 0.1) is 6.61 Å². The van der Waals surface area contributed by atoms with Crippen molar-refractivity contribution in [1.82, 2.24) is 0 Å².